The second-order valence-corrected chi connectivity index (χ2v) is 8.65. The summed E-state index contributed by atoms with van der Waals surface area (Å²) in [4.78, 5) is 5.98. The standard InChI is InChI=1S/C12H24N4O2S2/c1-9(2)8-16(7-6-15(4)5)20(17,18)11-10(3)14-12(13)19-11/h9H,6-8H2,1-5H3,(H2,13,14). The molecule has 0 radical (unpaired) electrons. The molecule has 0 saturated heterocycles. The predicted octanol–water partition coefficient (Wildman–Crippen LogP) is 1.24. The molecule has 2 N–H and O–H groups in total. The Hall–Kier alpha value is -0.700. The third kappa shape index (κ3) is 4.41. The van der Waals surface area contributed by atoms with E-state index in [1.54, 1.807) is 6.92 Å². The van der Waals surface area contributed by atoms with Gasteiger partial charge >= 0.3 is 0 Å². The third-order valence-electron chi connectivity index (χ3n) is 2.71. The van der Waals surface area contributed by atoms with E-state index in [-0.39, 0.29) is 15.3 Å². The normalized spacial score (nSPS) is 12.8. The highest BCUT2D eigenvalue weighted by molar-refractivity contribution is 7.91. The van der Waals surface area contributed by atoms with Gasteiger partial charge in [-0.1, -0.05) is 25.2 Å². The van der Waals surface area contributed by atoms with Crippen molar-refractivity contribution in [3.8, 4) is 0 Å². The largest absolute Gasteiger partial charge is 0.375 e. The molecule has 20 heavy (non-hydrogen) atoms. The minimum atomic E-state index is -3.52. The molecule has 0 fully saturated rings. The zero-order valence-corrected chi connectivity index (χ0v) is 14.4. The van der Waals surface area contributed by atoms with Crippen LogP contribution >= 0.6 is 11.3 Å². The molecule has 0 saturated carbocycles. The van der Waals surface area contributed by atoms with Crippen LogP contribution in [0.2, 0.25) is 0 Å². The van der Waals surface area contributed by atoms with Gasteiger partial charge in [0.05, 0.1) is 5.69 Å². The highest BCUT2D eigenvalue weighted by Gasteiger charge is 2.29. The first-order valence-electron chi connectivity index (χ1n) is 6.52. The molecule has 1 aromatic heterocycles. The maximum absolute atomic E-state index is 12.7. The summed E-state index contributed by atoms with van der Waals surface area (Å²) in [7, 11) is 0.334. The Bertz CT molecular complexity index is 538. The summed E-state index contributed by atoms with van der Waals surface area (Å²) < 4.78 is 27.3. The quantitative estimate of drug-likeness (QED) is 0.818. The fraction of sp³-hybridized carbons (Fsp3) is 0.750. The Balaban J connectivity index is 3.07. The monoisotopic (exact) mass is 320 g/mol. The Labute approximate surface area is 125 Å². The fourth-order valence-electron chi connectivity index (χ4n) is 1.79. The van der Waals surface area contributed by atoms with E-state index >= 15 is 0 Å². The number of thiazole rings is 1. The number of likely N-dealkylation sites (N-methyl/N-ethyl adjacent to an activating group) is 1. The molecule has 0 aliphatic heterocycles. The number of aryl methyl sites for hydroxylation is 1. The molecule has 0 atom stereocenters. The first kappa shape index (κ1) is 17.4. The fourth-order valence-corrected chi connectivity index (χ4v) is 4.82. The van der Waals surface area contributed by atoms with Gasteiger partial charge < -0.3 is 10.6 Å². The van der Waals surface area contributed by atoms with Gasteiger partial charge in [-0.25, -0.2) is 13.4 Å². The van der Waals surface area contributed by atoms with Crippen molar-refractivity contribution in [2.45, 2.75) is 25.0 Å². The molecule has 0 unspecified atom stereocenters. The van der Waals surface area contributed by atoms with Gasteiger partial charge in [0.15, 0.2) is 9.34 Å². The molecule has 0 spiro atoms. The molecule has 0 aliphatic carbocycles. The van der Waals surface area contributed by atoms with Crippen LogP contribution in [0.15, 0.2) is 4.21 Å². The van der Waals surface area contributed by atoms with Crippen molar-refractivity contribution in [1.82, 2.24) is 14.2 Å². The Morgan fingerprint density at radius 1 is 1.30 bits per heavy atom. The molecule has 1 rings (SSSR count). The highest BCUT2D eigenvalue weighted by Crippen LogP contribution is 2.28. The lowest BCUT2D eigenvalue weighted by molar-refractivity contribution is 0.313. The van der Waals surface area contributed by atoms with Crippen LogP contribution in [-0.2, 0) is 10.0 Å². The second kappa shape index (κ2) is 6.84. The average molecular weight is 320 g/mol. The second-order valence-electron chi connectivity index (χ2n) is 5.49. The Morgan fingerprint density at radius 2 is 1.90 bits per heavy atom. The van der Waals surface area contributed by atoms with Gasteiger partial charge in [-0.15, -0.1) is 0 Å². The van der Waals surface area contributed by atoms with E-state index in [1.807, 2.05) is 32.8 Å². The summed E-state index contributed by atoms with van der Waals surface area (Å²) in [6.45, 7) is 7.33. The molecule has 0 aliphatic rings. The van der Waals surface area contributed by atoms with E-state index in [4.69, 9.17) is 5.73 Å². The number of hydrogen-bond donors (Lipinski definition) is 1. The number of aromatic nitrogens is 1. The molecule has 8 heteroatoms. The van der Waals surface area contributed by atoms with E-state index in [2.05, 4.69) is 4.98 Å². The molecule has 116 valence electrons. The predicted molar refractivity (Wildman–Crippen MR) is 83.4 cm³/mol. The topological polar surface area (TPSA) is 79.5 Å². The van der Waals surface area contributed by atoms with Crippen molar-refractivity contribution < 1.29 is 8.42 Å². The molecule has 0 bridgehead atoms. The molecular formula is C12H24N4O2S2. The van der Waals surface area contributed by atoms with E-state index in [1.165, 1.54) is 4.31 Å². The van der Waals surface area contributed by atoms with Gasteiger partial charge in [-0.05, 0) is 26.9 Å². The van der Waals surface area contributed by atoms with Crippen molar-refractivity contribution >= 4 is 26.5 Å². The Kier molecular flexibility index (Phi) is 5.93. The number of nitrogen functional groups attached to an aromatic ring is 1. The smallest absolute Gasteiger partial charge is 0.254 e. The van der Waals surface area contributed by atoms with Crippen LogP contribution < -0.4 is 5.73 Å². The van der Waals surface area contributed by atoms with Crippen molar-refractivity contribution in [2.75, 3.05) is 39.5 Å². The lowest BCUT2D eigenvalue weighted by atomic mass is 10.2. The number of sulfonamides is 1. The van der Waals surface area contributed by atoms with Crippen molar-refractivity contribution in [3.63, 3.8) is 0 Å². The SMILES string of the molecule is Cc1nc(N)sc1S(=O)(=O)N(CCN(C)C)CC(C)C. The van der Waals surface area contributed by atoms with Gasteiger partial charge in [-0.2, -0.15) is 4.31 Å². The van der Waals surface area contributed by atoms with E-state index in [0.29, 0.717) is 25.3 Å². The number of nitrogens with two attached hydrogens (primary N) is 1. The zero-order valence-electron chi connectivity index (χ0n) is 12.8. The summed E-state index contributed by atoms with van der Waals surface area (Å²) in [6.07, 6.45) is 0. The maximum atomic E-state index is 12.7. The minimum absolute atomic E-state index is 0.259. The van der Waals surface area contributed by atoms with Crippen molar-refractivity contribution in [1.29, 1.82) is 0 Å². The highest BCUT2D eigenvalue weighted by atomic mass is 32.2. The van der Waals surface area contributed by atoms with E-state index in [9.17, 15) is 8.42 Å². The number of hydrogen-bond acceptors (Lipinski definition) is 6. The van der Waals surface area contributed by atoms with E-state index in [0.717, 1.165) is 11.3 Å². The van der Waals surface area contributed by atoms with Crippen LogP contribution in [0.25, 0.3) is 0 Å². The molecule has 0 aromatic carbocycles. The van der Waals surface area contributed by atoms with Gasteiger partial charge in [0.1, 0.15) is 0 Å². The van der Waals surface area contributed by atoms with Gasteiger partial charge in [0.2, 0.25) is 0 Å². The average Bonchev–Trinajstić information content (AvgIpc) is 2.63. The summed E-state index contributed by atoms with van der Waals surface area (Å²) in [6, 6.07) is 0. The Morgan fingerprint density at radius 3 is 2.30 bits per heavy atom. The van der Waals surface area contributed by atoms with E-state index < -0.39 is 10.0 Å². The number of rotatable bonds is 7. The summed E-state index contributed by atoms with van der Waals surface area (Å²) >= 11 is 1.03. The van der Waals surface area contributed by atoms with Gasteiger partial charge in [0, 0.05) is 19.6 Å². The first-order valence-corrected chi connectivity index (χ1v) is 8.78. The van der Waals surface area contributed by atoms with Crippen LogP contribution in [0.1, 0.15) is 19.5 Å². The van der Waals surface area contributed by atoms with Crippen molar-refractivity contribution in [3.05, 3.63) is 5.69 Å². The number of anilines is 1. The van der Waals surface area contributed by atoms with Gasteiger partial charge in [0.25, 0.3) is 10.0 Å². The summed E-state index contributed by atoms with van der Waals surface area (Å²) in [5.41, 5.74) is 6.09. The molecule has 1 aromatic rings. The van der Waals surface area contributed by atoms with Crippen LogP contribution in [0, 0.1) is 12.8 Å². The van der Waals surface area contributed by atoms with Crippen LogP contribution in [0.4, 0.5) is 5.13 Å². The molecule has 1 heterocycles. The number of nitrogens with zero attached hydrogens (tertiary/aromatic N) is 3. The van der Waals surface area contributed by atoms with Crippen LogP contribution in [0.5, 0.6) is 0 Å². The first-order chi connectivity index (χ1) is 9.14. The summed E-state index contributed by atoms with van der Waals surface area (Å²) in [5, 5.41) is 0.290. The van der Waals surface area contributed by atoms with Gasteiger partial charge in [-0.3, -0.25) is 0 Å². The van der Waals surface area contributed by atoms with Crippen molar-refractivity contribution in [2.24, 2.45) is 5.92 Å². The minimum Gasteiger partial charge on any atom is -0.375 e. The third-order valence-corrected chi connectivity index (χ3v) is 6.15. The zero-order chi connectivity index (χ0) is 15.5. The maximum Gasteiger partial charge on any atom is 0.254 e. The lowest BCUT2D eigenvalue weighted by Crippen LogP contribution is -2.38. The molecule has 0 amide bonds. The molecular weight excluding hydrogens is 296 g/mol. The lowest BCUT2D eigenvalue weighted by Gasteiger charge is -2.24. The van der Waals surface area contributed by atoms with Crippen LogP contribution in [0.3, 0.4) is 0 Å². The van der Waals surface area contributed by atoms with Crippen LogP contribution in [-0.4, -0.2) is 56.3 Å². The summed E-state index contributed by atoms with van der Waals surface area (Å²) in [5.74, 6) is 0.262. The molecule has 6 nitrogen and oxygen atoms in total.